The summed E-state index contributed by atoms with van der Waals surface area (Å²) in [6.07, 6.45) is 5.74. The lowest BCUT2D eigenvalue weighted by Crippen LogP contribution is -2.59. The Morgan fingerprint density at radius 1 is 0.944 bits per heavy atom. The van der Waals surface area contributed by atoms with Crippen LogP contribution in [0.15, 0.2) is 24.3 Å². The molecule has 4 atom stereocenters. The van der Waals surface area contributed by atoms with E-state index in [1.165, 1.54) is 0 Å². The molecule has 0 amide bonds. The zero-order valence-corrected chi connectivity index (χ0v) is 10.2. The van der Waals surface area contributed by atoms with Crippen LogP contribution in [0.25, 0.3) is 0 Å². The van der Waals surface area contributed by atoms with E-state index in [2.05, 4.69) is 0 Å². The molecule has 2 aliphatic rings. The number of nitriles is 2. The fourth-order valence-corrected chi connectivity index (χ4v) is 3.08. The molecule has 0 aromatic rings. The highest BCUT2D eigenvalue weighted by Gasteiger charge is 2.67. The van der Waals surface area contributed by atoms with Gasteiger partial charge >= 0.3 is 0 Å². The number of fused-ring (bicyclic) bond motifs is 1. The van der Waals surface area contributed by atoms with Gasteiger partial charge in [-0.1, -0.05) is 26.0 Å². The second kappa shape index (κ2) is 3.65. The van der Waals surface area contributed by atoms with Gasteiger partial charge in [0.25, 0.3) is 0 Å². The van der Waals surface area contributed by atoms with E-state index in [-0.39, 0.29) is 0 Å². The molecule has 0 radical (unpaired) electrons. The van der Waals surface area contributed by atoms with Gasteiger partial charge in [-0.05, 0) is 12.2 Å². The van der Waals surface area contributed by atoms with Gasteiger partial charge in [0.15, 0.2) is 22.4 Å². The lowest BCUT2D eigenvalue weighted by atomic mass is 9.47. The fourth-order valence-electron chi connectivity index (χ4n) is 3.08. The minimum atomic E-state index is -1.60. The quantitative estimate of drug-likeness (QED) is 0.601. The van der Waals surface area contributed by atoms with Crippen LogP contribution >= 0.6 is 0 Å². The largest absolute Gasteiger partial charge is 0.293 e. The molecule has 0 fully saturated rings. The predicted molar refractivity (Wildman–Crippen MR) is 62.7 cm³/mol. The molecule has 90 valence electrons. The van der Waals surface area contributed by atoms with Crippen LogP contribution in [0, 0.1) is 45.3 Å². The molecule has 4 heteroatoms. The van der Waals surface area contributed by atoms with Gasteiger partial charge in [-0.3, -0.25) is 9.59 Å². The van der Waals surface area contributed by atoms with Gasteiger partial charge in [0, 0.05) is 11.8 Å². The first-order chi connectivity index (χ1) is 8.47. The van der Waals surface area contributed by atoms with Crippen molar-refractivity contribution >= 4 is 11.6 Å². The van der Waals surface area contributed by atoms with Crippen molar-refractivity contribution in [3.05, 3.63) is 24.3 Å². The Kier molecular flexibility index (Phi) is 2.48. The Morgan fingerprint density at radius 3 is 1.56 bits per heavy atom. The standard InChI is InChI=1S/C14H12N2O2/c1-9-3-4-10(2)14(8-16)12(18)6-5-11(17)13(9,14)7-15/h3-6,9-10H,1-2H3/t9-,10+,13-,14+. The smallest absolute Gasteiger partial charge is 0.178 e. The molecule has 2 aliphatic carbocycles. The summed E-state index contributed by atoms with van der Waals surface area (Å²) >= 11 is 0. The second-order valence-corrected chi connectivity index (χ2v) is 4.86. The molecule has 0 saturated heterocycles. The van der Waals surface area contributed by atoms with Crippen LogP contribution in [0.1, 0.15) is 13.8 Å². The van der Waals surface area contributed by atoms with E-state index in [4.69, 9.17) is 0 Å². The summed E-state index contributed by atoms with van der Waals surface area (Å²) in [6.45, 7) is 3.39. The molecular weight excluding hydrogens is 228 g/mol. The molecule has 0 spiro atoms. The maximum Gasteiger partial charge on any atom is 0.178 e. The highest BCUT2D eigenvalue weighted by atomic mass is 16.1. The van der Waals surface area contributed by atoms with Crippen molar-refractivity contribution in [2.45, 2.75) is 13.8 Å². The number of allylic oxidation sites excluding steroid dienone is 4. The van der Waals surface area contributed by atoms with Crippen molar-refractivity contribution in [2.24, 2.45) is 22.7 Å². The number of hydrogen-bond acceptors (Lipinski definition) is 4. The third-order valence-electron chi connectivity index (χ3n) is 4.19. The first-order valence-corrected chi connectivity index (χ1v) is 5.75. The first kappa shape index (κ1) is 12.3. The third-order valence-corrected chi connectivity index (χ3v) is 4.19. The Hall–Kier alpha value is -2.20. The Labute approximate surface area is 105 Å². The molecule has 0 saturated carbocycles. The Bertz CT molecular complexity index is 526. The summed E-state index contributed by atoms with van der Waals surface area (Å²) in [6, 6.07) is 3.95. The first-order valence-electron chi connectivity index (χ1n) is 5.75. The SMILES string of the molecule is C[C@@H]1C=C[C@H](C)[C@@]2(C#N)C(=O)C=CC(=O)[C@@]12C#N. The summed E-state index contributed by atoms with van der Waals surface area (Å²) in [5.41, 5.74) is -3.19. The maximum atomic E-state index is 12.2. The van der Waals surface area contributed by atoms with E-state index in [0.29, 0.717) is 0 Å². The number of hydrogen-bond donors (Lipinski definition) is 0. The average molecular weight is 240 g/mol. The lowest BCUT2D eigenvalue weighted by Gasteiger charge is -2.48. The molecule has 2 rings (SSSR count). The molecule has 18 heavy (non-hydrogen) atoms. The number of carbonyl (C=O) groups is 2. The molecule has 0 bridgehead atoms. The van der Waals surface area contributed by atoms with Crippen LogP contribution in [0.5, 0.6) is 0 Å². The third kappa shape index (κ3) is 1.03. The molecule has 0 aliphatic heterocycles. The van der Waals surface area contributed by atoms with Crippen LogP contribution in [-0.2, 0) is 9.59 Å². The topological polar surface area (TPSA) is 81.7 Å². The van der Waals surface area contributed by atoms with Gasteiger partial charge in [-0.25, -0.2) is 0 Å². The molecule has 0 aromatic heterocycles. The monoisotopic (exact) mass is 240 g/mol. The summed E-state index contributed by atoms with van der Waals surface area (Å²) in [7, 11) is 0. The van der Waals surface area contributed by atoms with Crippen molar-refractivity contribution in [3.8, 4) is 12.1 Å². The summed E-state index contributed by atoms with van der Waals surface area (Å²) < 4.78 is 0. The number of nitrogens with zero attached hydrogens (tertiary/aromatic N) is 2. The van der Waals surface area contributed by atoms with Crippen molar-refractivity contribution in [2.75, 3.05) is 0 Å². The second-order valence-electron chi connectivity index (χ2n) is 4.86. The van der Waals surface area contributed by atoms with E-state index < -0.39 is 34.2 Å². The predicted octanol–water partition coefficient (Wildman–Crippen LogP) is 1.56. The summed E-state index contributed by atoms with van der Waals surface area (Å²) in [4.78, 5) is 24.4. The van der Waals surface area contributed by atoms with E-state index in [1.807, 2.05) is 12.1 Å². The minimum Gasteiger partial charge on any atom is -0.293 e. The van der Waals surface area contributed by atoms with Crippen molar-refractivity contribution in [1.82, 2.24) is 0 Å². The molecular formula is C14H12N2O2. The van der Waals surface area contributed by atoms with Crippen molar-refractivity contribution in [1.29, 1.82) is 10.5 Å². The average Bonchev–Trinajstić information content (AvgIpc) is 2.37. The molecule has 0 unspecified atom stereocenters. The minimum absolute atomic E-state index is 0.449. The number of rotatable bonds is 0. The molecule has 0 aromatic carbocycles. The summed E-state index contributed by atoms with van der Waals surface area (Å²) in [5, 5.41) is 19.0. The van der Waals surface area contributed by atoms with Gasteiger partial charge in [0.05, 0.1) is 12.1 Å². The highest BCUT2D eigenvalue weighted by molar-refractivity contribution is 6.14. The van der Waals surface area contributed by atoms with Crippen LogP contribution in [-0.4, -0.2) is 11.6 Å². The van der Waals surface area contributed by atoms with Crippen LogP contribution < -0.4 is 0 Å². The van der Waals surface area contributed by atoms with Gasteiger partial charge in [-0.15, -0.1) is 0 Å². The summed E-state index contributed by atoms with van der Waals surface area (Å²) in [5.74, 6) is -1.82. The zero-order chi connectivity index (χ0) is 13.6. The van der Waals surface area contributed by atoms with Crippen molar-refractivity contribution in [3.63, 3.8) is 0 Å². The van der Waals surface area contributed by atoms with E-state index >= 15 is 0 Å². The zero-order valence-electron chi connectivity index (χ0n) is 10.2. The van der Waals surface area contributed by atoms with Gasteiger partial charge in [0.2, 0.25) is 0 Å². The highest BCUT2D eigenvalue weighted by Crippen LogP contribution is 2.56. The van der Waals surface area contributed by atoms with Gasteiger partial charge in [-0.2, -0.15) is 10.5 Å². The Balaban J connectivity index is 2.89. The van der Waals surface area contributed by atoms with Crippen LogP contribution in [0.4, 0.5) is 0 Å². The Morgan fingerprint density at radius 2 is 1.28 bits per heavy atom. The van der Waals surface area contributed by atoms with E-state index in [9.17, 15) is 20.1 Å². The van der Waals surface area contributed by atoms with Crippen LogP contribution in [0.2, 0.25) is 0 Å². The molecule has 4 nitrogen and oxygen atoms in total. The normalized spacial score (nSPS) is 42.0. The van der Waals surface area contributed by atoms with E-state index in [0.717, 1.165) is 12.2 Å². The lowest BCUT2D eigenvalue weighted by molar-refractivity contribution is -0.142. The van der Waals surface area contributed by atoms with Crippen LogP contribution in [0.3, 0.4) is 0 Å². The molecule has 0 heterocycles. The van der Waals surface area contributed by atoms with Gasteiger partial charge < -0.3 is 0 Å². The number of carbonyl (C=O) groups excluding carboxylic acids is 2. The fraction of sp³-hybridized carbons (Fsp3) is 0.429. The van der Waals surface area contributed by atoms with Gasteiger partial charge in [0.1, 0.15) is 0 Å². The maximum absolute atomic E-state index is 12.2. The van der Waals surface area contributed by atoms with E-state index in [1.54, 1.807) is 26.0 Å². The molecule has 0 N–H and O–H groups in total. The van der Waals surface area contributed by atoms with Crippen molar-refractivity contribution < 1.29 is 9.59 Å². The number of ketones is 2.